The first-order valence-electron chi connectivity index (χ1n) is 8.23. The molecule has 2 fully saturated rings. The quantitative estimate of drug-likeness (QED) is 0.858. The topological polar surface area (TPSA) is 43.8 Å². The molecule has 1 saturated carbocycles. The lowest BCUT2D eigenvalue weighted by Gasteiger charge is -2.34. The third-order valence-electron chi connectivity index (χ3n) is 5.01. The summed E-state index contributed by atoms with van der Waals surface area (Å²) in [5, 5.41) is 10.5. The Bertz CT molecular complexity index is 318. The lowest BCUT2D eigenvalue weighted by molar-refractivity contribution is -0.137. The van der Waals surface area contributed by atoms with Gasteiger partial charge in [0.05, 0.1) is 11.6 Å². The molecule has 0 radical (unpaired) electrons. The van der Waals surface area contributed by atoms with E-state index in [1.54, 1.807) is 0 Å². The molecule has 1 unspecified atom stereocenters. The van der Waals surface area contributed by atoms with Crippen LogP contribution in [0.25, 0.3) is 0 Å². The van der Waals surface area contributed by atoms with Gasteiger partial charge in [0.1, 0.15) is 0 Å². The van der Waals surface area contributed by atoms with Gasteiger partial charge in [0, 0.05) is 19.6 Å². The van der Waals surface area contributed by atoms with Crippen LogP contribution in [0.1, 0.15) is 58.3 Å². The number of carbonyl (C=O) groups is 1. The molecule has 0 aromatic heterocycles. The molecule has 1 heterocycles. The van der Waals surface area contributed by atoms with Crippen LogP contribution >= 0.6 is 0 Å². The number of carbonyl (C=O) groups excluding carboxylic acids is 1. The second-order valence-corrected chi connectivity index (χ2v) is 6.76. The van der Waals surface area contributed by atoms with Gasteiger partial charge in [-0.25, -0.2) is 0 Å². The summed E-state index contributed by atoms with van der Waals surface area (Å²) in [7, 11) is 1.97. The van der Waals surface area contributed by atoms with Crippen molar-refractivity contribution in [3.63, 3.8) is 0 Å². The largest absolute Gasteiger partial charge is 0.389 e. The van der Waals surface area contributed by atoms with E-state index in [4.69, 9.17) is 0 Å². The van der Waals surface area contributed by atoms with Gasteiger partial charge in [-0.3, -0.25) is 9.69 Å². The third kappa shape index (κ3) is 3.95. The van der Waals surface area contributed by atoms with Crippen LogP contribution in [0.5, 0.6) is 0 Å². The minimum atomic E-state index is -0.567. The van der Waals surface area contributed by atoms with Gasteiger partial charge < -0.3 is 10.0 Å². The molecule has 4 heteroatoms. The van der Waals surface area contributed by atoms with Crippen LogP contribution in [0.4, 0.5) is 0 Å². The van der Waals surface area contributed by atoms with Crippen molar-refractivity contribution in [1.29, 1.82) is 0 Å². The predicted octanol–water partition coefficient (Wildman–Crippen LogP) is 2.01. The maximum atomic E-state index is 12.6. The molecule has 2 aliphatic rings. The van der Waals surface area contributed by atoms with Crippen molar-refractivity contribution in [2.75, 3.05) is 26.7 Å². The number of rotatable bonds is 4. The van der Waals surface area contributed by atoms with Crippen molar-refractivity contribution in [2.24, 2.45) is 0 Å². The van der Waals surface area contributed by atoms with Gasteiger partial charge in [0.15, 0.2) is 0 Å². The number of likely N-dealkylation sites (tertiary alicyclic amines) is 1. The highest BCUT2D eigenvalue weighted by Crippen LogP contribution is 2.30. The minimum absolute atomic E-state index is 0.127. The summed E-state index contributed by atoms with van der Waals surface area (Å²) in [5.74, 6) is 0.232. The third-order valence-corrected chi connectivity index (χ3v) is 5.01. The van der Waals surface area contributed by atoms with Gasteiger partial charge in [0.25, 0.3) is 0 Å². The van der Waals surface area contributed by atoms with Crippen molar-refractivity contribution in [3.05, 3.63) is 0 Å². The maximum Gasteiger partial charge on any atom is 0.239 e. The monoisotopic (exact) mass is 282 g/mol. The number of likely N-dealkylation sites (N-methyl/N-ethyl adjacent to an activating group) is 1. The van der Waals surface area contributed by atoms with Crippen LogP contribution < -0.4 is 0 Å². The number of hydrogen-bond donors (Lipinski definition) is 1. The Balaban J connectivity index is 1.88. The Morgan fingerprint density at radius 1 is 1.15 bits per heavy atom. The summed E-state index contributed by atoms with van der Waals surface area (Å²) >= 11 is 0. The van der Waals surface area contributed by atoms with E-state index in [1.807, 2.05) is 23.8 Å². The fourth-order valence-electron chi connectivity index (χ4n) is 3.54. The Morgan fingerprint density at radius 3 is 2.25 bits per heavy atom. The number of hydrogen-bond acceptors (Lipinski definition) is 3. The van der Waals surface area contributed by atoms with Crippen LogP contribution in [-0.4, -0.2) is 59.1 Å². The van der Waals surface area contributed by atoms with E-state index in [1.165, 1.54) is 12.8 Å². The molecule has 1 aliphatic carbocycles. The van der Waals surface area contributed by atoms with Gasteiger partial charge in [-0.1, -0.05) is 25.7 Å². The zero-order valence-electron chi connectivity index (χ0n) is 13.1. The first-order chi connectivity index (χ1) is 9.52. The fourth-order valence-corrected chi connectivity index (χ4v) is 3.54. The normalized spacial score (nSPS) is 24.7. The van der Waals surface area contributed by atoms with Crippen molar-refractivity contribution in [3.8, 4) is 0 Å². The van der Waals surface area contributed by atoms with E-state index in [0.29, 0.717) is 6.54 Å². The maximum absolute atomic E-state index is 12.6. The Hall–Kier alpha value is -0.610. The summed E-state index contributed by atoms with van der Waals surface area (Å²) in [6.45, 7) is 4.40. The molecule has 2 rings (SSSR count). The summed E-state index contributed by atoms with van der Waals surface area (Å²) in [6, 6.07) is -0.127. The van der Waals surface area contributed by atoms with Crippen LogP contribution in [0.15, 0.2) is 0 Å². The van der Waals surface area contributed by atoms with Gasteiger partial charge >= 0.3 is 0 Å². The fraction of sp³-hybridized carbons (Fsp3) is 0.938. The molecule has 0 bridgehead atoms. The molecule has 0 aromatic rings. The van der Waals surface area contributed by atoms with E-state index in [0.717, 1.165) is 51.6 Å². The van der Waals surface area contributed by atoms with Crippen LogP contribution in [-0.2, 0) is 4.79 Å². The van der Waals surface area contributed by atoms with E-state index in [9.17, 15) is 9.90 Å². The molecule has 4 nitrogen and oxygen atoms in total. The molecular formula is C16H30N2O2. The molecule has 1 saturated heterocycles. The summed E-state index contributed by atoms with van der Waals surface area (Å²) in [4.78, 5) is 16.6. The Kier molecular flexibility index (Phi) is 5.44. The lowest BCUT2D eigenvalue weighted by atomic mass is 10.0. The van der Waals surface area contributed by atoms with Crippen molar-refractivity contribution in [1.82, 2.24) is 9.80 Å². The molecule has 20 heavy (non-hydrogen) atoms. The molecule has 1 N–H and O–H groups in total. The highest BCUT2D eigenvalue weighted by molar-refractivity contribution is 5.81. The highest BCUT2D eigenvalue weighted by Gasteiger charge is 2.35. The Morgan fingerprint density at radius 2 is 1.70 bits per heavy atom. The van der Waals surface area contributed by atoms with Gasteiger partial charge in [-0.05, 0) is 39.7 Å². The molecule has 0 spiro atoms. The van der Waals surface area contributed by atoms with Crippen molar-refractivity contribution >= 4 is 5.91 Å². The average Bonchev–Trinajstić information content (AvgIpc) is 2.69. The average molecular weight is 282 g/mol. The summed E-state index contributed by atoms with van der Waals surface area (Å²) in [6.07, 6.45) is 8.72. The highest BCUT2D eigenvalue weighted by atomic mass is 16.3. The second kappa shape index (κ2) is 6.90. The van der Waals surface area contributed by atoms with Gasteiger partial charge in [0.2, 0.25) is 5.91 Å². The van der Waals surface area contributed by atoms with E-state index < -0.39 is 5.60 Å². The summed E-state index contributed by atoms with van der Waals surface area (Å²) < 4.78 is 0. The smallest absolute Gasteiger partial charge is 0.239 e. The van der Waals surface area contributed by atoms with Crippen molar-refractivity contribution < 1.29 is 9.90 Å². The SMILES string of the molecule is CC(C(=O)N1CCCCCC1)N(C)CC1(O)CCCC1. The van der Waals surface area contributed by atoms with Crippen LogP contribution in [0, 0.1) is 0 Å². The molecule has 1 aliphatic heterocycles. The zero-order chi connectivity index (χ0) is 14.6. The van der Waals surface area contributed by atoms with Crippen LogP contribution in [0.2, 0.25) is 0 Å². The number of aliphatic hydroxyl groups is 1. The molecular weight excluding hydrogens is 252 g/mol. The molecule has 1 amide bonds. The summed E-state index contributed by atoms with van der Waals surface area (Å²) in [5.41, 5.74) is -0.567. The molecule has 0 aromatic carbocycles. The number of nitrogens with zero attached hydrogens (tertiary/aromatic N) is 2. The number of amides is 1. The lowest BCUT2D eigenvalue weighted by Crippen LogP contribution is -2.50. The zero-order valence-corrected chi connectivity index (χ0v) is 13.1. The van der Waals surface area contributed by atoms with E-state index >= 15 is 0 Å². The van der Waals surface area contributed by atoms with Gasteiger partial charge in [-0.2, -0.15) is 0 Å². The predicted molar refractivity (Wildman–Crippen MR) is 80.6 cm³/mol. The van der Waals surface area contributed by atoms with Crippen molar-refractivity contribution in [2.45, 2.75) is 69.9 Å². The van der Waals surface area contributed by atoms with E-state index in [-0.39, 0.29) is 11.9 Å². The Labute approximate surface area is 123 Å². The standard InChI is InChI=1S/C16H30N2O2/c1-14(15(19)18-11-7-3-4-8-12-18)17(2)13-16(20)9-5-6-10-16/h14,20H,3-13H2,1-2H3. The van der Waals surface area contributed by atoms with Gasteiger partial charge in [-0.15, -0.1) is 0 Å². The first kappa shape index (κ1) is 15.8. The minimum Gasteiger partial charge on any atom is -0.389 e. The molecule has 1 atom stereocenters. The van der Waals surface area contributed by atoms with E-state index in [2.05, 4.69) is 0 Å². The van der Waals surface area contributed by atoms with Crippen LogP contribution in [0.3, 0.4) is 0 Å². The molecule has 116 valence electrons. The first-order valence-corrected chi connectivity index (χ1v) is 8.23. The second-order valence-electron chi connectivity index (χ2n) is 6.76.